The summed E-state index contributed by atoms with van der Waals surface area (Å²) in [4.78, 5) is 15.3. The number of anilines is 1. The lowest BCUT2D eigenvalue weighted by Gasteiger charge is -2.25. The molecular weight excluding hydrogens is 209 g/mol. The van der Waals surface area contributed by atoms with Crippen molar-refractivity contribution in [2.45, 2.75) is 26.8 Å². The van der Waals surface area contributed by atoms with Crippen molar-refractivity contribution in [1.29, 1.82) is 0 Å². The number of aromatic nitrogens is 1. The molecule has 0 saturated heterocycles. The van der Waals surface area contributed by atoms with Gasteiger partial charge in [-0.05, 0) is 11.5 Å². The minimum Gasteiger partial charge on any atom is -0.322 e. The highest BCUT2D eigenvalue weighted by molar-refractivity contribution is 5.95. The fourth-order valence-corrected chi connectivity index (χ4v) is 1.08. The first-order chi connectivity index (χ1) is 7.32. The SMILES string of the molecule is CC(C)(C)[C@H](N)C(=O)Nc1ccncc1F. The second kappa shape index (κ2) is 4.57. The molecule has 0 bridgehead atoms. The normalized spacial score (nSPS) is 13.3. The maximum atomic E-state index is 13.2. The van der Waals surface area contributed by atoms with Crippen LogP contribution in [0.2, 0.25) is 0 Å². The Morgan fingerprint density at radius 2 is 2.19 bits per heavy atom. The number of pyridine rings is 1. The van der Waals surface area contributed by atoms with Crippen LogP contribution in [0.3, 0.4) is 0 Å². The van der Waals surface area contributed by atoms with Gasteiger partial charge in [-0.25, -0.2) is 4.39 Å². The van der Waals surface area contributed by atoms with Gasteiger partial charge in [0.25, 0.3) is 0 Å². The molecule has 88 valence electrons. The van der Waals surface area contributed by atoms with Crippen molar-refractivity contribution in [3.05, 3.63) is 24.3 Å². The Hall–Kier alpha value is -1.49. The summed E-state index contributed by atoms with van der Waals surface area (Å²) in [6.45, 7) is 5.54. The molecule has 0 aliphatic heterocycles. The number of hydrogen-bond donors (Lipinski definition) is 2. The third-order valence-electron chi connectivity index (χ3n) is 2.25. The second-order valence-electron chi connectivity index (χ2n) is 4.69. The summed E-state index contributed by atoms with van der Waals surface area (Å²) >= 11 is 0. The van der Waals surface area contributed by atoms with E-state index in [1.807, 2.05) is 20.8 Å². The topological polar surface area (TPSA) is 68.0 Å². The molecule has 4 nitrogen and oxygen atoms in total. The molecule has 1 aromatic rings. The predicted molar refractivity (Wildman–Crippen MR) is 60.3 cm³/mol. The van der Waals surface area contributed by atoms with Crippen LogP contribution in [0.25, 0.3) is 0 Å². The molecule has 1 atom stereocenters. The van der Waals surface area contributed by atoms with E-state index in [-0.39, 0.29) is 11.1 Å². The van der Waals surface area contributed by atoms with E-state index in [9.17, 15) is 9.18 Å². The number of halogens is 1. The third kappa shape index (κ3) is 3.00. The molecule has 1 rings (SSSR count). The Kier molecular flexibility index (Phi) is 3.59. The molecule has 5 heteroatoms. The van der Waals surface area contributed by atoms with Gasteiger partial charge in [-0.15, -0.1) is 0 Å². The lowest BCUT2D eigenvalue weighted by molar-refractivity contribution is -0.119. The second-order valence-corrected chi connectivity index (χ2v) is 4.69. The summed E-state index contributed by atoms with van der Waals surface area (Å²) in [6, 6.07) is 0.697. The van der Waals surface area contributed by atoms with Crippen LogP contribution in [0.15, 0.2) is 18.5 Å². The minimum atomic E-state index is -0.694. The highest BCUT2D eigenvalue weighted by Gasteiger charge is 2.27. The quantitative estimate of drug-likeness (QED) is 0.802. The number of nitrogens with two attached hydrogens (primary N) is 1. The largest absolute Gasteiger partial charge is 0.322 e. The van der Waals surface area contributed by atoms with Gasteiger partial charge < -0.3 is 11.1 Å². The maximum Gasteiger partial charge on any atom is 0.241 e. The van der Waals surface area contributed by atoms with Crippen molar-refractivity contribution in [2.75, 3.05) is 5.32 Å². The zero-order valence-corrected chi connectivity index (χ0v) is 9.62. The van der Waals surface area contributed by atoms with E-state index in [1.54, 1.807) is 0 Å². The van der Waals surface area contributed by atoms with Crippen molar-refractivity contribution in [1.82, 2.24) is 4.98 Å². The van der Waals surface area contributed by atoms with Crippen molar-refractivity contribution in [2.24, 2.45) is 11.1 Å². The molecule has 16 heavy (non-hydrogen) atoms. The van der Waals surface area contributed by atoms with Gasteiger partial charge in [-0.2, -0.15) is 0 Å². The molecular formula is C11H16FN3O. The molecule has 0 aromatic carbocycles. The molecule has 0 radical (unpaired) electrons. The van der Waals surface area contributed by atoms with Crippen molar-refractivity contribution >= 4 is 11.6 Å². The number of rotatable bonds is 2. The number of hydrogen-bond acceptors (Lipinski definition) is 3. The number of nitrogens with one attached hydrogen (secondary N) is 1. The van der Waals surface area contributed by atoms with Crippen LogP contribution in [-0.4, -0.2) is 16.9 Å². The minimum absolute atomic E-state index is 0.0969. The van der Waals surface area contributed by atoms with Crippen LogP contribution in [0.5, 0.6) is 0 Å². The number of carbonyl (C=O) groups is 1. The van der Waals surface area contributed by atoms with Crippen LogP contribution in [-0.2, 0) is 4.79 Å². The van der Waals surface area contributed by atoms with Crippen molar-refractivity contribution in [3.63, 3.8) is 0 Å². The maximum absolute atomic E-state index is 13.2. The lowest BCUT2D eigenvalue weighted by Crippen LogP contribution is -2.45. The first-order valence-corrected chi connectivity index (χ1v) is 4.98. The first kappa shape index (κ1) is 12.6. The summed E-state index contributed by atoms with van der Waals surface area (Å²) in [5, 5.41) is 2.44. The molecule has 0 unspecified atom stereocenters. The molecule has 0 saturated carbocycles. The summed E-state index contributed by atoms with van der Waals surface area (Å²) < 4.78 is 13.2. The van der Waals surface area contributed by atoms with E-state index in [1.165, 1.54) is 12.3 Å². The average Bonchev–Trinajstić information content (AvgIpc) is 2.19. The standard InChI is InChI=1S/C11H16FN3O/c1-11(2,3)9(13)10(16)15-8-4-5-14-6-7(8)12/h4-6,9H,13H2,1-3H3,(H,14,15,16)/t9-/m1/s1. The van der Waals surface area contributed by atoms with Gasteiger partial charge >= 0.3 is 0 Å². The van der Waals surface area contributed by atoms with Gasteiger partial charge in [-0.1, -0.05) is 20.8 Å². The smallest absolute Gasteiger partial charge is 0.241 e. The van der Waals surface area contributed by atoms with Gasteiger partial charge in [0.2, 0.25) is 5.91 Å². The van der Waals surface area contributed by atoms with Gasteiger partial charge in [-0.3, -0.25) is 9.78 Å². The van der Waals surface area contributed by atoms with Crippen molar-refractivity contribution in [3.8, 4) is 0 Å². The van der Waals surface area contributed by atoms with Gasteiger partial charge in [0, 0.05) is 6.20 Å². The van der Waals surface area contributed by atoms with Gasteiger partial charge in [0.15, 0.2) is 5.82 Å². The van der Waals surface area contributed by atoms with E-state index < -0.39 is 17.8 Å². The Morgan fingerprint density at radius 1 is 1.56 bits per heavy atom. The Balaban J connectivity index is 2.76. The highest BCUT2D eigenvalue weighted by Crippen LogP contribution is 2.19. The van der Waals surface area contributed by atoms with Crippen molar-refractivity contribution < 1.29 is 9.18 Å². The fourth-order valence-electron chi connectivity index (χ4n) is 1.08. The molecule has 3 N–H and O–H groups in total. The molecule has 1 amide bonds. The first-order valence-electron chi connectivity index (χ1n) is 4.98. The molecule has 0 fully saturated rings. The molecule has 1 heterocycles. The summed E-state index contributed by atoms with van der Waals surface area (Å²) in [5.74, 6) is -0.977. The molecule has 1 aromatic heterocycles. The van der Waals surface area contributed by atoms with E-state index in [0.717, 1.165) is 6.20 Å². The highest BCUT2D eigenvalue weighted by atomic mass is 19.1. The molecule has 0 aliphatic rings. The van der Waals surface area contributed by atoms with Crippen LogP contribution >= 0.6 is 0 Å². The van der Waals surface area contributed by atoms with Crippen LogP contribution in [0, 0.1) is 11.2 Å². The third-order valence-corrected chi connectivity index (χ3v) is 2.25. The fraction of sp³-hybridized carbons (Fsp3) is 0.455. The zero-order valence-electron chi connectivity index (χ0n) is 9.62. The zero-order chi connectivity index (χ0) is 12.3. The summed E-state index contributed by atoms with van der Waals surface area (Å²) in [6.07, 6.45) is 2.44. The summed E-state index contributed by atoms with van der Waals surface area (Å²) in [7, 11) is 0. The van der Waals surface area contributed by atoms with E-state index in [4.69, 9.17) is 5.73 Å². The van der Waals surface area contributed by atoms with E-state index in [2.05, 4.69) is 10.3 Å². The van der Waals surface area contributed by atoms with Crippen LogP contribution in [0.1, 0.15) is 20.8 Å². The van der Waals surface area contributed by atoms with Gasteiger partial charge in [0.1, 0.15) is 0 Å². The van der Waals surface area contributed by atoms with E-state index >= 15 is 0 Å². The van der Waals surface area contributed by atoms with Gasteiger partial charge in [0.05, 0.1) is 17.9 Å². The lowest BCUT2D eigenvalue weighted by atomic mass is 9.87. The van der Waals surface area contributed by atoms with E-state index in [0.29, 0.717) is 0 Å². The number of nitrogens with zero attached hydrogens (tertiary/aromatic N) is 1. The molecule has 0 spiro atoms. The Bertz CT molecular complexity index is 387. The Labute approximate surface area is 94.1 Å². The monoisotopic (exact) mass is 225 g/mol. The molecule has 0 aliphatic carbocycles. The predicted octanol–water partition coefficient (Wildman–Crippen LogP) is 1.53. The number of amides is 1. The Morgan fingerprint density at radius 3 is 2.69 bits per heavy atom. The van der Waals surface area contributed by atoms with Crippen LogP contribution in [0.4, 0.5) is 10.1 Å². The van der Waals surface area contributed by atoms with Crippen LogP contribution < -0.4 is 11.1 Å². The average molecular weight is 225 g/mol. The summed E-state index contributed by atoms with van der Waals surface area (Å²) in [5.41, 5.74) is 5.47. The number of carbonyl (C=O) groups excluding carboxylic acids is 1.